The normalized spacial score (nSPS) is 10.3. The lowest BCUT2D eigenvalue weighted by Gasteiger charge is -2.11. The molecule has 0 saturated carbocycles. The van der Waals surface area contributed by atoms with E-state index in [1.807, 2.05) is 6.92 Å². The highest BCUT2D eigenvalue weighted by Gasteiger charge is 2.10. The quantitative estimate of drug-likeness (QED) is 0.529. The lowest BCUT2D eigenvalue weighted by Crippen LogP contribution is -2.02. The molecule has 0 aliphatic heterocycles. The van der Waals surface area contributed by atoms with Gasteiger partial charge >= 0.3 is 0 Å². The number of nitrogen functional groups attached to an aromatic ring is 1. The fourth-order valence-electron chi connectivity index (χ4n) is 1.76. The molecule has 104 valence electrons. The minimum absolute atomic E-state index is 0.00868. The molecule has 0 fully saturated rings. The number of ether oxygens (including phenoxy) is 1. The van der Waals surface area contributed by atoms with E-state index in [0.29, 0.717) is 22.0 Å². The highest BCUT2D eigenvalue weighted by molar-refractivity contribution is 6.30. The van der Waals surface area contributed by atoms with Crippen molar-refractivity contribution >= 4 is 23.0 Å². The summed E-state index contributed by atoms with van der Waals surface area (Å²) in [6.07, 6.45) is 0. The molecule has 2 aromatic carbocycles. The van der Waals surface area contributed by atoms with Crippen LogP contribution in [-0.4, -0.2) is 4.92 Å². The van der Waals surface area contributed by atoms with Crippen molar-refractivity contribution in [2.75, 3.05) is 5.73 Å². The van der Waals surface area contributed by atoms with Crippen molar-refractivity contribution in [2.24, 2.45) is 0 Å². The molecular formula is C14H13ClN2O3. The van der Waals surface area contributed by atoms with Gasteiger partial charge in [0, 0.05) is 28.4 Å². The first-order valence-electron chi connectivity index (χ1n) is 5.89. The average molecular weight is 293 g/mol. The van der Waals surface area contributed by atoms with Crippen LogP contribution in [0, 0.1) is 17.0 Å². The second-order valence-corrected chi connectivity index (χ2v) is 4.78. The number of nitro groups is 1. The second kappa shape index (κ2) is 5.79. The minimum atomic E-state index is -0.462. The maximum absolute atomic E-state index is 10.7. The van der Waals surface area contributed by atoms with Gasteiger partial charge in [-0.1, -0.05) is 11.6 Å². The number of aryl methyl sites for hydroxylation is 1. The zero-order chi connectivity index (χ0) is 14.7. The summed E-state index contributed by atoms with van der Waals surface area (Å²) in [4.78, 5) is 10.3. The number of nitrogens with two attached hydrogens (primary N) is 1. The molecule has 6 heteroatoms. The number of rotatable bonds is 4. The van der Waals surface area contributed by atoms with E-state index in [9.17, 15) is 10.1 Å². The highest BCUT2D eigenvalue weighted by atomic mass is 35.5. The van der Waals surface area contributed by atoms with Crippen LogP contribution < -0.4 is 10.5 Å². The Morgan fingerprint density at radius 1 is 1.30 bits per heavy atom. The van der Waals surface area contributed by atoms with Crippen LogP contribution in [0.1, 0.15) is 11.1 Å². The topological polar surface area (TPSA) is 78.4 Å². The van der Waals surface area contributed by atoms with E-state index in [0.717, 1.165) is 5.56 Å². The first-order valence-corrected chi connectivity index (χ1v) is 6.27. The van der Waals surface area contributed by atoms with Crippen molar-refractivity contribution in [1.82, 2.24) is 0 Å². The second-order valence-electron chi connectivity index (χ2n) is 4.34. The number of non-ortho nitro benzene ring substituents is 1. The number of benzene rings is 2. The van der Waals surface area contributed by atoms with Gasteiger partial charge in [-0.05, 0) is 36.8 Å². The van der Waals surface area contributed by atoms with Crippen molar-refractivity contribution in [2.45, 2.75) is 13.5 Å². The van der Waals surface area contributed by atoms with E-state index in [1.54, 1.807) is 18.2 Å². The number of anilines is 1. The molecule has 0 heterocycles. The monoisotopic (exact) mass is 292 g/mol. The van der Waals surface area contributed by atoms with E-state index in [4.69, 9.17) is 22.1 Å². The molecule has 0 radical (unpaired) electrons. The van der Waals surface area contributed by atoms with E-state index >= 15 is 0 Å². The Balaban J connectivity index is 2.18. The number of nitrogens with zero attached hydrogens (tertiary/aromatic N) is 1. The summed E-state index contributed by atoms with van der Waals surface area (Å²) in [7, 11) is 0. The number of hydrogen-bond donors (Lipinski definition) is 1. The first-order chi connectivity index (χ1) is 9.47. The van der Waals surface area contributed by atoms with Crippen LogP contribution in [0.4, 0.5) is 11.4 Å². The number of hydrogen-bond acceptors (Lipinski definition) is 4. The fraction of sp³-hybridized carbons (Fsp3) is 0.143. The van der Waals surface area contributed by atoms with Crippen molar-refractivity contribution in [3.05, 3.63) is 62.7 Å². The molecule has 0 unspecified atom stereocenters. The van der Waals surface area contributed by atoms with Gasteiger partial charge in [0.1, 0.15) is 12.4 Å². The van der Waals surface area contributed by atoms with Gasteiger partial charge < -0.3 is 10.5 Å². The van der Waals surface area contributed by atoms with Gasteiger partial charge in [-0.2, -0.15) is 0 Å². The van der Waals surface area contributed by atoms with Crippen LogP contribution in [0.5, 0.6) is 5.75 Å². The van der Waals surface area contributed by atoms with Crippen LogP contribution >= 0.6 is 11.6 Å². The Bertz CT molecular complexity index is 659. The van der Waals surface area contributed by atoms with Crippen LogP contribution in [0.25, 0.3) is 0 Å². The Labute approximate surface area is 121 Å². The third kappa shape index (κ3) is 3.19. The summed E-state index contributed by atoms with van der Waals surface area (Å²) >= 11 is 5.86. The molecule has 0 aliphatic rings. The van der Waals surface area contributed by atoms with E-state index in [1.165, 1.54) is 18.2 Å². The van der Waals surface area contributed by atoms with Crippen LogP contribution in [0.3, 0.4) is 0 Å². The van der Waals surface area contributed by atoms with Gasteiger partial charge in [0.2, 0.25) is 0 Å². The van der Waals surface area contributed by atoms with Gasteiger partial charge in [-0.25, -0.2) is 0 Å². The van der Waals surface area contributed by atoms with E-state index < -0.39 is 4.92 Å². The molecule has 0 aromatic heterocycles. The molecular weight excluding hydrogens is 280 g/mol. The third-order valence-corrected chi connectivity index (χ3v) is 3.09. The predicted molar refractivity (Wildman–Crippen MR) is 78.0 cm³/mol. The van der Waals surface area contributed by atoms with Crippen molar-refractivity contribution < 1.29 is 9.66 Å². The average Bonchev–Trinajstić information content (AvgIpc) is 2.39. The van der Waals surface area contributed by atoms with Crippen molar-refractivity contribution in [1.29, 1.82) is 0 Å². The number of nitro benzene ring substituents is 1. The molecule has 0 saturated heterocycles. The molecule has 0 amide bonds. The van der Waals surface area contributed by atoms with Crippen molar-refractivity contribution in [3.63, 3.8) is 0 Å². The Morgan fingerprint density at radius 2 is 2.05 bits per heavy atom. The minimum Gasteiger partial charge on any atom is -0.489 e. The zero-order valence-electron chi connectivity index (χ0n) is 10.8. The Hall–Kier alpha value is -2.27. The largest absolute Gasteiger partial charge is 0.489 e. The molecule has 0 spiro atoms. The number of halogens is 1. The third-order valence-electron chi connectivity index (χ3n) is 2.86. The molecule has 2 aromatic rings. The van der Waals surface area contributed by atoms with Crippen molar-refractivity contribution in [3.8, 4) is 5.75 Å². The van der Waals surface area contributed by atoms with Crippen LogP contribution in [0.2, 0.25) is 5.02 Å². The lowest BCUT2D eigenvalue weighted by atomic mass is 10.1. The smallest absolute Gasteiger partial charge is 0.269 e. The van der Waals surface area contributed by atoms with Crippen LogP contribution in [-0.2, 0) is 6.61 Å². The molecule has 0 bridgehead atoms. The van der Waals surface area contributed by atoms with Gasteiger partial charge in [-0.15, -0.1) is 0 Å². The highest BCUT2D eigenvalue weighted by Crippen LogP contribution is 2.25. The lowest BCUT2D eigenvalue weighted by molar-refractivity contribution is -0.384. The molecule has 2 rings (SSSR count). The fourth-order valence-corrected chi connectivity index (χ4v) is 1.99. The van der Waals surface area contributed by atoms with Gasteiger partial charge in [0.05, 0.1) is 4.92 Å². The molecule has 0 aliphatic carbocycles. The summed E-state index contributed by atoms with van der Waals surface area (Å²) in [5, 5.41) is 11.4. The van der Waals surface area contributed by atoms with Gasteiger partial charge in [0.25, 0.3) is 5.69 Å². The Morgan fingerprint density at radius 3 is 2.70 bits per heavy atom. The maximum Gasteiger partial charge on any atom is 0.269 e. The molecule has 0 atom stereocenters. The summed E-state index contributed by atoms with van der Waals surface area (Å²) in [6.45, 7) is 2.04. The zero-order valence-corrected chi connectivity index (χ0v) is 11.6. The summed E-state index contributed by atoms with van der Waals surface area (Å²) in [5.74, 6) is 0.667. The maximum atomic E-state index is 10.7. The SMILES string of the molecule is Cc1cc(Cl)ccc1OCc1cc([N+](=O)[O-])ccc1N. The first kappa shape index (κ1) is 14.1. The predicted octanol–water partition coefficient (Wildman–Crippen LogP) is 3.72. The summed E-state index contributed by atoms with van der Waals surface area (Å²) in [6, 6.07) is 9.55. The summed E-state index contributed by atoms with van der Waals surface area (Å²) < 4.78 is 5.63. The standard InChI is InChI=1S/C14H13ClN2O3/c1-9-6-11(15)2-5-14(9)20-8-10-7-12(17(18)19)3-4-13(10)16/h2-7H,8,16H2,1H3. The van der Waals surface area contributed by atoms with E-state index in [2.05, 4.69) is 0 Å². The molecule has 5 nitrogen and oxygen atoms in total. The van der Waals surface area contributed by atoms with Gasteiger partial charge in [0.15, 0.2) is 0 Å². The van der Waals surface area contributed by atoms with Crippen LogP contribution in [0.15, 0.2) is 36.4 Å². The molecule has 20 heavy (non-hydrogen) atoms. The Kier molecular flexibility index (Phi) is 4.10. The molecule has 2 N–H and O–H groups in total. The summed E-state index contributed by atoms with van der Waals surface area (Å²) in [5.41, 5.74) is 7.71. The van der Waals surface area contributed by atoms with E-state index in [-0.39, 0.29) is 12.3 Å². The van der Waals surface area contributed by atoms with Gasteiger partial charge in [-0.3, -0.25) is 10.1 Å².